The molecule has 154 valence electrons. The van der Waals surface area contributed by atoms with Crippen molar-refractivity contribution in [1.82, 2.24) is 14.9 Å². The van der Waals surface area contributed by atoms with Crippen LogP contribution in [0, 0.1) is 0 Å². The number of nitrogens with zero attached hydrogens (tertiary/aromatic N) is 2. The zero-order chi connectivity index (χ0) is 21.1. The third-order valence-corrected chi connectivity index (χ3v) is 5.72. The largest absolute Gasteiger partial charge is 0.503 e. The lowest BCUT2D eigenvalue weighted by Gasteiger charge is -2.27. The van der Waals surface area contributed by atoms with Crippen LogP contribution in [-0.4, -0.2) is 33.6 Å². The molecule has 2 N–H and O–H groups in total. The van der Waals surface area contributed by atoms with Crippen LogP contribution in [0.25, 0.3) is 12.2 Å². The number of H-pyrrole nitrogens is 1. The van der Waals surface area contributed by atoms with Gasteiger partial charge in [-0.3, -0.25) is 9.69 Å². The van der Waals surface area contributed by atoms with Crippen molar-refractivity contribution >= 4 is 28.1 Å². The molecule has 0 radical (unpaired) electrons. The van der Waals surface area contributed by atoms with E-state index in [4.69, 9.17) is 4.74 Å². The number of fused-ring (bicyclic) bond motifs is 1. The number of phenols is 1. The van der Waals surface area contributed by atoms with Gasteiger partial charge in [-0.2, -0.15) is 0 Å². The molecule has 1 aromatic heterocycles. The number of hydrogen-bond acceptors (Lipinski definition) is 5. The van der Waals surface area contributed by atoms with Crippen molar-refractivity contribution in [2.45, 2.75) is 19.5 Å². The quantitative estimate of drug-likeness (QED) is 0.593. The van der Waals surface area contributed by atoms with Gasteiger partial charge in [-0.1, -0.05) is 36.4 Å². The van der Waals surface area contributed by atoms with Crippen LogP contribution in [0.4, 0.5) is 0 Å². The Labute approximate surface area is 183 Å². The van der Waals surface area contributed by atoms with E-state index in [-0.39, 0.29) is 11.3 Å². The predicted molar refractivity (Wildman–Crippen MR) is 120 cm³/mol. The molecule has 4 rings (SSSR count). The fourth-order valence-electron chi connectivity index (χ4n) is 3.58. The second-order valence-electron chi connectivity index (χ2n) is 7.21. The topological polar surface area (TPSA) is 78.5 Å². The molecule has 1 aliphatic heterocycles. The summed E-state index contributed by atoms with van der Waals surface area (Å²) in [5.41, 5.74) is 3.55. The fraction of sp³-hybridized carbons (Fsp3) is 0.217. The van der Waals surface area contributed by atoms with Crippen molar-refractivity contribution in [3.63, 3.8) is 0 Å². The molecule has 0 spiro atoms. The monoisotopic (exact) mass is 467 g/mol. The smallest absolute Gasteiger partial charge is 0.255 e. The van der Waals surface area contributed by atoms with Gasteiger partial charge in [0.05, 0.1) is 22.8 Å². The van der Waals surface area contributed by atoms with Gasteiger partial charge in [0.15, 0.2) is 11.5 Å². The van der Waals surface area contributed by atoms with Crippen molar-refractivity contribution in [1.29, 1.82) is 0 Å². The van der Waals surface area contributed by atoms with Crippen molar-refractivity contribution in [2.24, 2.45) is 0 Å². The van der Waals surface area contributed by atoms with Crippen LogP contribution in [-0.2, 0) is 19.5 Å². The minimum absolute atomic E-state index is 0.0509. The van der Waals surface area contributed by atoms with Crippen LogP contribution in [0.1, 0.15) is 28.2 Å². The number of hydrogen-bond donors (Lipinski definition) is 2. The molecule has 0 amide bonds. The van der Waals surface area contributed by atoms with Crippen LogP contribution < -0.4 is 10.3 Å². The minimum atomic E-state index is -0.0955. The lowest BCUT2D eigenvalue weighted by Crippen LogP contribution is -2.35. The highest BCUT2D eigenvalue weighted by atomic mass is 79.9. The van der Waals surface area contributed by atoms with E-state index in [9.17, 15) is 9.90 Å². The van der Waals surface area contributed by atoms with Gasteiger partial charge in [0.1, 0.15) is 5.82 Å². The number of halogens is 1. The fourth-order valence-corrected chi connectivity index (χ4v) is 4.04. The lowest BCUT2D eigenvalue weighted by molar-refractivity contribution is 0.241. The first-order valence-corrected chi connectivity index (χ1v) is 10.5. The van der Waals surface area contributed by atoms with E-state index in [2.05, 4.69) is 42.9 Å². The first-order chi connectivity index (χ1) is 14.5. The summed E-state index contributed by atoms with van der Waals surface area (Å²) in [4.78, 5) is 22.5. The highest BCUT2D eigenvalue weighted by Gasteiger charge is 2.20. The molecule has 7 heteroatoms. The number of nitrogens with one attached hydrogen (secondary N) is 1. The summed E-state index contributed by atoms with van der Waals surface area (Å²) < 4.78 is 5.71. The minimum Gasteiger partial charge on any atom is -0.503 e. The number of aromatic nitrogens is 2. The van der Waals surface area contributed by atoms with Gasteiger partial charge in [0, 0.05) is 26.1 Å². The van der Waals surface area contributed by atoms with Crippen molar-refractivity contribution in [3.8, 4) is 11.5 Å². The Bertz CT molecular complexity index is 1140. The maximum atomic E-state index is 12.7. The maximum Gasteiger partial charge on any atom is 0.255 e. The van der Waals surface area contributed by atoms with E-state index in [1.165, 1.54) is 12.7 Å². The molecule has 0 fully saturated rings. The molecule has 30 heavy (non-hydrogen) atoms. The zero-order valence-electron chi connectivity index (χ0n) is 16.6. The van der Waals surface area contributed by atoms with Crippen molar-refractivity contribution in [3.05, 3.63) is 85.5 Å². The van der Waals surface area contributed by atoms with E-state index in [0.717, 1.165) is 36.3 Å². The summed E-state index contributed by atoms with van der Waals surface area (Å²) in [6.45, 7) is 2.28. The van der Waals surface area contributed by atoms with E-state index < -0.39 is 0 Å². The first-order valence-electron chi connectivity index (χ1n) is 9.66. The Morgan fingerprint density at radius 3 is 2.83 bits per heavy atom. The number of rotatable bonds is 5. The van der Waals surface area contributed by atoms with Crippen LogP contribution >= 0.6 is 15.9 Å². The van der Waals surface area contributed by atoms with E-state index in [1.54, 1.807) is 18.2 Å². The number of phenolic OH excluding ortho intramolecular Hbond substituents is 1. The maximum absolute atomic E-state index is 12.7. The zero-order valence-corrected chi connectivity index (χ0v) is 18.1. The normalized spacial score (nSPS) is 14.1. The Morgan fingerprint density at radius 2 is 2.07 bits per heavy atom. The molecule has 3 aromatic rings. The summed E-state index contributed by atoms with van der Waals surface area (Å²) in [5, 5.41) is 9.93. The van der Waals surface area contributed by atoms with E-state index >= 15 is 0 Å². The molecule has 0 aliphatic carbocycles. The Morgan fingerprint density at radius 1 is 1.27 bits per heavy atom. The first kappa shape index (κ1) is 20.4. The molecular weight excluding hydrogens is 446 g/mol. The molecule has 2 aromatic carbocycles. The van der Waals surface area contributed by atoms with Gasteiger partial charge in [0.2, 0.25) is 0 Å². The van der Waals surface area contributed by atoms with E-state index in [0.29, 0.717) is 22.6 Å². The molecule has 2 heterocycles. The van der Waals surface area contributed by atoms with Gasteiger partial charge in [0.25, 0.3) is 5.56 Å². The molecule has 0 saturated heterocycles. The predicted octanol–water partition coefficient (Wildman–Crippen LogP) is 3.98. The summed E-state index contributed by atoms with van der Waals surface area (Å²) in [5.74, 6) is 0.933. The average Bonchev–Trinajstić information content (AvgIpc) is 2.75. The second-order valence-corrected chi connectivity index (χ2v) is 8.06. The highest BCUT2D eigenvalue weighted by Crippen LogP contribution is 2.35. The van der Waals surface area contributed by atoms with Crippen LogP contribution in [0.3, 0.4) is 0 Å². The number of aromatic amines is 1. The summed E-state index contributed by atoms with van der Waals surface area (Å²) in [7, 11) is 1.50. The number of benzene rings is 2. The SMILES string of the molecule is COc1cc(C=Cc2nc3c(c(=O)[nH]2)CN(Cc2ccccc2)CC3)cc(Br)c1O. The number of ether oxygens (including phenoxy) is 1. The summed E-state index contributed by atoms with van der Waals surface area (Å²) in [6, 6.07) is 13.8. The molecule has 0 saturated carbocycles. The van der Waals surface area contributed by atoms with Gasteiger partial charge in [-0.05, 0) is 45.3 Å². The molecule has 1 aliphatic rings. The molecule has 0 unspecified atom stereocenters. The highest BCUT2D eigenvalue weighted by molar-refractivity contribution is 9.10. The third kappa shape index (κ3) is 4.47. The average molecular weight is 468 g/mol. The lowest BCUT2D eigenvalue weighted by atomic mass is 10.1. The standard InChI is InChI=1S/C23H22BrN3O3/c1-30-20-12-16(11-18(24)22(20)28)7-8-21-25-19-9-10-27(14-17(19)23(29)26-21)13-15-5-3-2-4-6-15/h2-8,11-12,28H,9-10,13-14H2,1H3,(H,25,26,29). The van der Waals surface area contributed by atoms with Crippen LogP contribution in [0.5, 0.6) is 11.5 Å². The summed E-state index contributed by atoms with van der Waals surface area (Å²) in [6.07, 6.45) is 4.32. The van der Waals surface area contributed by atoms with Gasteiger partial charge in [-0.15, -0.1) is 0 Å². The molecular formula is C23H22BrN3O3. The van der Waals surface area contributed by atoms with Crippen molar-refractivity contribution < 1.29 is 9.84 Å². The van der Waals surface area contributed by atoms with Gasteiger partial charge < -0.3 is 14.8 Å². The molecule has 0 bridgehead atoms. The summed E-state index contributed by atoms with van der Waals surface area (Å²) >= 11 is 3.31. The Kier molecular flexibility index (Phi) is 6.01. The number of aromatic hydroxyl groups is 1. The van der Waals surface area contributed by atoms with Gasteiger partial charge >= 0.3 is 0 Å². The van der Waals surface area contributed by atoms with Crippen LogP contribution in [0.2, 0.25) is 0 Å². The Hall–Kier alpha value is -2.90. The van der Waals surface area contributed by atoms with Crippen molar-refractivity contribution in [2.75, 3.05) is 13.7 Å². The Balaban J connectivity index is 1.53. The number of methoxy groups -OCH3 is 1. The van der Waals surface area contributed by atoms with Gasteiger partial charge in [-0.25, -0.2) is 4.98 Å². The molecule has 6 nitrogen and oxygen atoms in total. The second kappa shape index (κ2) is 8.85. The van der Waals surface area contributed by atoms with Crippen LogP contribution in [0.15, 0.2) is 51.7 Å². The van der Waals surface area contributed by atoms with E-state index in [1.807, 2.05) is 24.3 Å². The third-order valence-electron chi connectivity index (χ3n) is 5.12. The molecule has 0 atom stereocenters.